The minimum absolute atomic E-state index is 1.03. The topological polar surface area (TPSA) is 16.6 Å². The average Bonchev–Trinajstić information content (AvgIpc) is 2.21. The quantitative estimate of drug-likeness (QED) is 0.445. The summed E-state index contributed by atoms with van der Waals surface area (Å²) in [7, 11) is 3.64. The van der Waals surface area contributed by atoms with Crippen molar-refractivity contribution < 1.29 is 5.32 Å². The van der Waals surface area contributed by atoms with Gasteiger partial charge in [0, 0.05) is 5.92 Å². The fourth-order valence-electron chi connectivity index (χ4n) is 0.589. The Balaban J connectivity index is 1.88. The standard InChI is InChI=1S/C5H11N/c1-6-4-5-2-3-5/h5H,1-4,6H2. The molecule has 1 aliphatic rings. The Morgan fingerprint density at radius 1 is 1.67 bits per heavy atom. The summed E-state index contributed by atoms with van der Waals surface area (Å²) in [6.45, 7) is 1.25. The summed E-state index contributed by atoms with van der Waals surface area (Å²) >= 11 is 0. The highest BCUT2D eigenvalue weighted by molar-refractivity contribution is 4.70. The Kier molecular flexibility index (Phi) is 1.10. The maximum Gasteiger partial charge on any atom is 0.0544 e. The predicted octanol–water partition coefficient (Wildman–Crippen LogP) is -0.249. The monoisotopic (exact) mass is 85.1 g/mol. The molecule has 0 radical (unpaired) electrons. The fourth-order valence-corrected chi connectivity index (χ4v) is 0.589. The molecule has 0 heterocycles. The van der Waals surface area contributed by atoms with Gasteiger partial charge in [0.15, 0.2) is 0 Å². The molecule has 1 nitrogen and oxygen atoms in total. The van der Waals surface area contributed by atoms with Gasteiger partial charge in [-0.1, -0.05) is 0 Å². The second kappa shape index (κ2) is 1.61. The van der Waals surface area contributed by atoms with Gasteiger partial charge >= 0.3 is 0 Å². The van der Waals surface area contributed by atoms with Crippen molar-refractivity contribution in [2.75, 3.05) is 6.54 Å². The van der Waals surface area contributed by atoms with Crippen LogP contribution in [-0.2, 0) is 0 Å². The van der Waals surface area contributed by atoms with E-state index in [0.717, 1.165) is 5.92 Å². The van der Waals surface area contributed by atoms with E-state index in [0.29, 0.717) is 0 Å². The van der Waals surface area contributed by atoms with Gasteiger partial charge in [0.25, 0.3) is 0 Å². The first-order valence-electron chi connectivity index (χ1n) is 2.54. The van der Waals surface area contributed by atoms with Crippen LogP contribution in [0.1, 0.15) is 12.8 Å². The molecule has 1 saturated carbocycles. The molecule has 2 N–H and O–H groups in total. The van der Waals surface area contributed by atoms with Crippen LogP contribution < -0.4 is 5.32 Å². The van der Waals surface area contributed by atoms with Crippen molar-refractivity contribution in [3.05, 3.63) is 7.05 Å². The summed E-state index contributed by atoms with van der Waals surface area (Å²) in [5, 5.41) is 2.01. The normalized spacial score (nSPS) is 21.5. The number of quaternary nitrogens is 1. The Morgan fingerprint density at radius 2 is 2.33 bits per heavy atom. The molecule has 36 valence electrons. The van der Waals surface area contributed by atoms with Gasteiger partial charge in [-0.05, 0) is 12.8 Å². The molecule has 0 atom stereocenters. The van der Waals surface area contributed by atoms with Crippen LogP contribution in [0.3, 0.4) is 0 Å². The highest BCUT2D eigenvalue weighted by Gasteiger charge is 2.20. The lowest BCUT2D eigenvalue weighted by Gasteiger charge is -1.91. The first kappa shape index (κ1) is 4.13. The van der Waals surface area contributed by atoms with Crippen LogP contribution in [0, 0.1) is 13.0 Å². The van der Waals surface area contributed by atoms with E-state index < -0.39 is 0 Å². The molecule has 0 unspecified atom stereocenters. The summed E-state index contributed by atoms with van der Waals surface area (Å²) in [6, 6.07) is 0. The number of nitrogens with two attached hydrogens (primary N) is 1. The largest absolute Gasteiger partial charge is 0.479 e. The van der Waals surface area contributed by atoms with E-state index in [9.17, 15) is 0 Å². The van der Waals surface area contributed by atoms with Crippen LogP contribution in [0.15, 0.2) is 0 Å². The molecule has 1 aliphatic carbocycles. The van der Waals surface area contributed by atoms with Gasteiger partial charge in [0.2, 0.25) is 0 Å². The highest BCUT2D eigenvalue weighted by atomic mass is 14.8. The Labute approximate surface area is 38.7 Å². The van der Waals surface area contributed by atoms with E-state index in [1.165, 1.54) is 19.4 Å². The zero-order valence-corrected chi connectivity index (χ0v) is 3.98. The zero-order chi connectivity index (χ0) is 4.41. The van der Waals surface area contributed by atoms with E-state index in [2.05, 4.69) is 7.05 Å². The van der Waals surface area contributed by atoms with Crippen molar-refractivity contribution in [1.29, 1.82) is 0 Å². The lowest BCUT2D eigenvalue weighted by atomic mass is 10.4. The molecule has 0 saturated heterocycles. The summed E-state index contributed by atoms with van der Waals surface area (Å²) in [4.78, 5) is 0. The van der Waals surface area contributed by atoms with E-state index in [4.69, 9.17) is 0 Å². The van der Waals surface area contributed by atoms with E-state index in [1.807, 2.05) is 5.32 Å². The van der Waals surface area contributed by atoms with Crippen LogP contribution in [0.25, 0.3) is 0 Å². The molecular formula is C5H11N. The van der Waals surface area contributed by atoms with Gasteiger partial charge in [-0.25, -0.2) is 0 Å². The Bertz CT molecular complexity index is 39.2. The molecule has 1 rings (SSSR count). The average molecular weight is 85.2 g/mol. The summed E-state index contributed by atoms with van der Waals surface area (Å²) in [5.74, 6) is 1.03. The minimum Gasteiger partial charge on any atom is -0.479 e. The van der Waals surface area contributed by atoms with Gasteiger partial charge in [-0.15, -0.1) is 0 Å². The Morgan fingerprint density at radius 3 is 2.50 bits per heavy atom. The molecule has 6 heavy (non-hydrogen) atoms. The summed E-state index contributed by atoms with van der Waals surface area (Å²) < 4.78 is 0. The molecule has 0 aromatic carbocycles. The van der Waals surface area contributed by atoms with Gasteiger partial charge in [0.05, 0.1) is 6.54 Å². The van der Waals surface area contributed by atoms with Gasteiger partial charge < -0.3 is 5.32 Å². The maximum atomic E-state index is 3.64. The zero-order valence-electron chi connectivity index (χ0n) is 3.98. The van der Waals surface area contributed by atoms with E-state index in [1.54, 1.807) is 0 Å². The number of hydrogen-bond donors (Lipinski definition) is 1. The summed E-state index contributed by atoms with van der Waals surface area (Å²) in [6.07, 6.45) is 2.90. The second-order valence-corrected chi connectivity index (χ2v) is 1.97. The molecule has 0 spiro atoms. The first-order chi connectivity index (χ1) is 2.93. The van der Waals surface area contributed by atoms with Crippen molar-refractivity contribution in [3.8, 4) is 0 Å². The minimum atomic E-state index is 1.03. The van der Waals surface area contributed by atoms with E-state index >= 15 is 0 Å². The van der Waals surface area contributed by atoms with Crippen LogP contribution in [0.2, 0.25) is 0 Å². The van der Waals surface area contributed by atoms with Crippen molar-refractivity contribution in [2.45, 2.75) is 12.8 Å². The molecule has 1 heteroatoms. The van der Waals surface area contributed by atoms with Gasteiger partial charge in [0.1, 0.15) is 0 Å². The highest BCUT2D eigenvalue weighted by Crippen LogP contribution is 2.26. The molecule has 0 aromatic heterocycles. The fraction of sp³-hybridized carbons (Fsp3) is 0.800. The second-order valence-electron chi connectivity index (χ2n) is 1.97. The predicted molar refractivity (Wildman–Crippen MR) is 24.9 cm³/mol. The lowest BCUT2D eigenvalue weighted by Crippen LogP contribution is -2.77. The van der Waals surface area contributed by atoms with Crippen molar-refractivity contribution in [2.24, 2.45) is 5.92 Å². The molecule has 1 fully saturated rings. The molecule has 0 aliphatic heterocycles. The molecule has 0 bridgehead atoms. The number of rotatable bonds is 2. The third-order valence-corrected chi connectivity index (χ3v) is 1.20. The Hall–Kier alpha value is -0.0400. The van der Waals surface area contributed by atoms with Crippen molar-refractivity contribution >= 4 is 0 Å². The van der Waals surface area contributed by atoms with Crippen LogP contribution in [0.5, 0.6) is 0 Å². The van der Waals surface area contributed by atoms with Crippen molar-refractivity contribution in [1.82, 2.24) is 0 Å². The van der Waals surface area contributed by atoms with Crippen LogP contribution in [-0.4, -0.2) is 6.54 Å². The third-order valence-electron chi connectivity index (χ3n) is 1.20. The molecule has 0 amide bonds. The third kappa shape index (κ3) is 0.977. The van der Waals surface area contributed by atoms with Gasteiger partial charge in [-0.2, -0.15) is 7.05 Å². The maximum absolute atomic E-state index is 3.64. The SMILES string of the molecule is [CH2-][NH2+]CC1CC1. The molecule has 0 aromatic rings. The van der Waals surface area contributed by atoms with Gasteiger partial charge in [-0.3, -0.25) is 0 Å². The lowest BCUT2D eigenvalue weighted by molar-refractivity contribution is -0.598. The summed E-state index contributed by atoms with van der Waals surface area (Å²) in [5.41, 5.74) is 0. The smallest absolute Gasteiger partial charge is 0.0544 e. The van der Waals surface area contributed by atoms with Crippen molar-refractivity contribution in [3.63, 3.8) is 0 Å². The first-order valence-corrected chi connectivity index (χ1v) is 2.54. The molecular weight excluding hydrogens is 74.1 g/mol. The van der Waals surface area contributed by atoms with E-state index in [-0.39, 0.29) is 0 Å². The van der Waals surface area contributed by atoms with Crippen LogP contribution in [0.4, 0.5) is 0 Å². The number of hydrogen-bond acceptors (Lipinski definition) is 0. The van der Waals surface area contributed by atoms with Crippen LogP contribution >= 0.6 is 0 Å².